The van der Waals surface area contributed by atoms with Crippen LogP contribution in [0.4, 0.5) is 5.82 Å². The molecular weight excluding hydrogens is 252 g/mol. The zero-order valence-corrected chi connectivity index (χ0v) is 11.5. The molecule has 5 nitrogen and oxygen atoms in total. The van der Waals surface area contributed by atoms with E-state index < -0.39 is 0 Å². The summed E-state index contributed by atoms with van der Waals surface area (Å²) in [5.41, 5.74) is 2.90. The van der Waals surface area contributed by atoms with E-state index in [0.717, 1.165) is 25.9 Å². The summed E-state index contributed by atoms with van der Waals surface area (Å²) in [6.07, 6.45) is 1.85. The fraction of sp³-hybridized carbons (Fsp3) is 0.500. The van der Waals surface area contributed by atoms with Gasteiger partial charge in [0.25, 0.3) is 5.91 Å². The van der Waals surface area contributed by atoms with Gasteiger partial charge >= 0.3 is 0 Å². The fourth-order valence-corrected chi connectivity index (χ4v) is 1.94. The second-order valence-corrected chi connectivity index (χ2v) is 4.39. The first-order chi connectivity index (χ1) is 8.62. The second kappa shape index (κ2) is 7.18. The highest BCUT2D eigenvalue weighted by molar-refractivity contribution is 6.29. The molecule has 0 aliphatic heterocycles. The first-order valence-electron chi connectivity index (χ1n) is 6.05. The van der Waals surface area contributed by atoms with Crippen molar-refractivity contribution in [3.05, 3.63) is 22.8 Å². The summed E-state index contributed by atoms with van der Waals surface area (Å²) in [6, 6.07) is 3.16. The number of nitrogens with one attached hydrogen (secondary N) is 1. The third kappa shape index (κ3) is 3.85. The number of pyridine rings is 1. The van der Waals surface area contributed by atoms with E-state index >= 15 is 0 Å². The fourth-order valence-electron chi connectivity index (χ4n) is 1.73. The van der Waals surface area contributed by atoms with E-state index in [1.807, 2.05) is 18.7 Å². The van der Waals surface area contributed by atoms with Crippen LogP contribution in [0.15, 0.2) is 12.1 Å². The number of hydrogen-bond acceptors (Lipinski definition) is 4. The zero-order chi connectivity index (χ0) is 13.5. The number of nitrogens with two attached hydrogens (primary N) is 1. The van der Waals surface area contributed by atoms with E-state index in [1.165, 1.54) is 0 Å². The Labute approximate surface area is 112 Å². The summed E-state index contributed by atoms with van der Waals surface area (Å²) in [5, 5.41) is 0.252. The van der Waals surface area contributed by atoms with Gasteiger partial charge in [0.1, 0.15) is 11.0 Å². The van der Waals surface area contributed by atoms with Crippen LogP contribution in [0, 0.1) is 0 Å². The Morgan fingerprint density at radius 1 is 1.39 bits per heavy atom. The summed E-state index contributed by atoms with van der Waals surface area (Å²) in [5.74, 6) is 5.63. The van der Waals surface area contributed by atoms with Crippen LogP contribution in [0.5, 0.6) is 0 Å². The number of hydrazine groups is 1. The summed E-state index contributed by atoms with van der Waals surface area (Å²) in [4.78, 5) is 18.1. The Bertz CT molecular complexity index is 405. The minimum Gasteiger partial charge on any atom is -0.339 e. The van der Waals surface area contributed by atoms with Gasteiger partial charge in [-0.15, -0.1) is 0 Å². The van der Waals surface area contributed by atoms with Crippen LogP contribution < -0.4 is 11.3 Å². The van der Waals surface area contributed by atoms with Crippen molar-refractivity contribution in [3.63, 3.8) is 0 Å². The number of carbonyl (C=O) groups excluding carboxylic acids is 1. The summed E-state index contributed by atoms with van der Waals surface area (Å²) in [7, 11) is 0. The Kier molecular flexibility index (Phi) is 5.88. The highest BCUT2D eigenvalue weighted by Crippen LogP contribution is 2.16. The Morgan fingerprint density at radius 2 is 2.00 bits per heavy atom. The molecule has 1 amide bonds. The Morgan fingerprint density at radius 3 is 2.50 bits per heavy atom. The molecule has 3 N–H and O–H groups in total. The largest absolute Gasteiger partial charge is 0.339 e. The standard InChI is InChI=1S/C12H19ClN4O/c1-3-5-17(6-4-2)12(18)9-7-10(13)15-11(8-9)16-14/h7-8H,3-6,14H2,1-2H3,(H,15,16). The van der Waals surface area contributed by atoms with Crippen molar-refractivity contribution < 1.29 is 4.79 Å². The minimum atomic E-state index is -0.0421. The van der Waals surface area contributed by atoms with E-state index in [9.17, 15) is 4.79 Å². The van der Waals surface area contributed by atoms with Crippen LogP contribution >= 0.6 is 11.6 Å². The molecule has 0 spiro atoms. The lowest BCUT2D eigenvalue weighted by atomic mass is 10.2. The number of aromatic nitrogens is 1. The van der Waals surface area contributed by atoms with Crippen molar-refractivity contribution in [1.82, 2.24) is 9.88 Å². The Hall–Kier alpha value is -1.33. The normalized spacial score (nSPS) is 10.2. The predicted octanol–water partition coefficient (Wildman–Crippen LogP) is 2.28. The highest BCUT2D eigenvalue weighted by Gasteiger charge is 2.15. The van der Waals surface area contributed by atoms with Gasteiger partial charge in [-0.3, -0.25) is 4.79 Å². The zero-order valence-electron chi connectivity index (χ0n) is 10.7. The van der Waals surface area contributed by atoms with Crippen molar-refractivity contribution in [3.8, 4) is 0 Å². The molecule has 18 heavy (non-hydrogen) atoms. The topological polar surface area (TPSA) is 71.2 Å². The molecule has 0 aliphatic carbocycles. The molecule has 100 valence electrons. The molecule has 0 radical (unpaired) electrons. The number of nitrogens with zero attached hydrogens (tertiary/aromatic N) is 2. The van der Waals surface area contributed by atoms with Crippen LogP contribution in [0.1, 0.15) is 37.0 Å². The second-order valence-electron chi connectivity index (χ2n) is 4.00. The number of halogens is 1. The minimum absolute atomic E-state index is 0.0421. The molecule has 6 heteroatoms. The lowest BCUT2D eigenvalue weighted by Gasteiger charge is -2.21. The average Bonchev–Trinajstić information content (AvgIpc) is 2.36. The summed E-state index contributed by atoms with van der Waals surface area (Å²) in [6.45, 7) is 5.56. The quantitative estimate of drug-likeness (QED) is 0.473. The number of anilines is 1. The van der Waals surface area contributed by atoms with Crippen LogP contribution in [0.2, 0.25) is 5.15 Å². The molecule has 1 aromatic heterocycles. The molecule has 1 aromatic rings. The van der Waals surface area contributed by atoms with E-state index in [2.05, 4.69) is 10.4 Å². The molecule has 0 saturated heterocycles. The summed E-state index contributed by atoms with van der Waals surface area (Å²) < 4.78 is 0. The number of rotatable bonds is 6. The number of carbonyl (C=O) groups is 1. The molecule has 0 aromatic carbocycles. The molecule has 0 bridgehead atoms. The van der Waals surface area contributed by atoms with Gasteiger partial charge in [-0.25, -0.2) is 10.8 Å². The van der Waals surface area contributed by atoms with Crippen LogP contribution in [0.3, 0.4) is 0 Å². The van der Waals surface area contributed by atoms with Crippen molar-refractivity contribution in [2.75, 3.05) is 18.5 Å². The third-order valence-corrected chi connectivity index (χ3v) is 2.66. The molecule has 0 fully saturated rings. The van der Waals surface area contributed by atoms with Crippen molar-refractivity contribution in [2.24, 2.45) is 5.84 Å². The number of amides is 1. The molecular formula is C12H19ClN4O. The smallest absolute Gasteiger partial charge is 0.254 e. The molecule has 0 saturated carbocycles. The van der Waals surface area contributed by atoms with Crippen LogP contribution in [-0.4, -0.2) is 28.9 Å². The summed E-state index contributed by atoms with van der Waals surface area (Å²) >= 11 is 5.85. The van der Waals surface area contributed by atoms with E-state index in [0.29, 0.717) is 11.4 Å². The highest BCUT2D eigenvalue weighted by atomic mass is 35.5. The van der Waals surface area contributed by atoms with Gasteiger partial charge in [0, 0.05) is 18.7 Å². The maximum absolute atomic E-state index is 12.3. The van der Waals surface area contributed by atoms with E-state index in [-0.39, 0.29) is 11.1 Å². The molecule has 0 aliphatic rings. The van der Waals surface area contributed by atoms with Gasteiger partial charge in [-0.2, -0.15) is 0 Å². The first-order valence-corrected chi connectivity index (χ1v) is 6.43. The number of hydrogen-bond donors (Lipinski definition) is 2. The van der Waals surface area contributed by atoms with E-state index in [4.69, 9.17) is 17.4 Å². The van der Waals surface area contributed by atoms with Gasteiger partial charge in [0.05, 0.1) is 0 Å². The van der Waals surface area contributed by atoms with Crippen molar-refractivity contribution in [1.29, 1.82) is 0 Å². The lowest BCUT2D eigenvalue weighted by molar-refractivity contribution is 0.0755. The van der Waals surface area contributed by atoms with E-state index in [1.54, 1.807) is 12.1 Å². The van der Waals surface area contributed by atoms with Gasteiger partial charge in [-0.1, -0.05) is 25.4 Å². The van der Waals surface area contributed by atoms with Crippen LogP contribution in [0.25, 0.3) is 0 Å². The maximum Gasteiger partial charge on any atom is 0.254 e. The number of nitrogen functional groups attached to an aromatic ring is 1. The first kappa shape index (κ1) is 14.7. The van der Waals surface area contributed by atoms with Crippen LogP contribution in [-0.2, 0) is 0 Å². The monoisotopic (exact) mass is 270 g/mol. The van der Waals surface area contributed by atoms with Gasteiger partial charge in [0.2, 0.25) is 0 Å². The van der Waals surface area contributed by atoms with Gasteiger partial charge in [0.15, 0.2) is 0 Å². The predicted molar refractivity (Wildman–Crippen MR) is 73.5 cm³/mol. The average molecular weight is 271 g/mol. The van der Waals surface area contributed by atoms with Crippen molar-refractivity contribution in [2.45, 2.75) is 26.7 Å². The molecule has 0 unspecified atom stereocenters. The SMILES string of the molecule is CCCN(CCC)C(=O)c1cc(Cl)nc(NN)c1. The Balaban J connectivity index is 2.96. The third-order valence-electron chi connectivity index (χ3n) is 2.46. The lowest BCUT2D eigenvalue weighted by Crippen LogP contribution is -2.32. The molecule has 1 rings (SSSR count). The van der Waals surface area contributed by atoms with Crippen molar-refractivity contribution >= 4 is 23.3 Å². The van der Waals surface area contributed by atoms with Gasteiger partial charge in [-0.05, 0) is 25.0 Å². The molecule has 0 atom stereocenters. The molecule has 1 heterocycles. The van der Waals surface area contributed by atoms with Gasteiger partial charge < -0.3 is 10.3 Å². The maximum atomic E-state index is 12.3.